The van der Waals surface area contributed by atoms with Crippen molar-refractivity contribution >= 4 is 5.57 Å². The molecule has 0 fully saturated rings. The molecule has 0 spiro atoms. The summed E-state index contributed by atoms with van der Waals surface area (Å²) in [5, 5.41) is 3.28. The van der Waals surface area contributed by atoms with Crippen molar-refractivity contribution < 1.29 is 0 Å². The van der Waals surface area contributed by atoms with E-state index in [2.05, 4.69) is 174 Å². The Hall–Kier alpha value is -3.68. The van der Waals surface area contributed by atoms with Crippen LogP contribution in [0.1, 0.15) is 166 Å². The average molecular weight is 770 g/mol. The molecule has 1 nitrogen and oxygen atoms in total. The second kappa shape index (κ2) is 51.3. The van der Waals surface area contributed by atoms with Gasteiger partial charge in [0.25, 0.3) is 0 Å². The lowest BCUT2D eigenvalue weighted by Gasteiger charge is -2.05. The summed E-state index contributed by atoms with van der Waals surface area (Å²) in [4.78, 5) is 0. The Morgan fingerprint density at radius 3 is 1.23 bits per heavy atom. The summed E-state index contributed by atoms with van der Waals surface area (Å²) in [5.74, 6) is 0.657. The van der Waals surface area contributed by atoms with E-state index in [4.69, 9.17) is 0 Å². The van der Waals surface area contributed by atoms with Crippen molar-refractivity contribution in [2.75, 3.05) is 13.1 Å². The van der Waals surface area contributed by atoms with Gasteiger partial charge in [-0.2, -0.15) is 0 Å². The SMILES string of the molecule is C=C.C=C(C)C(C)C.C=C(C)c1ccccc1C.CC.CC.CC.CC1=CCCC=C1C.CCC.CCCNCCC.CCc1ccc(-c2ccccc2)cc1. The Kier molecular flexibility index (Phi) is 58.9. The maximum atomic E-state index is 3.89. The van der Waals surface area contributed by atoms with Crippen molar-refractivity contribution in [3.05, 3.63) is 151 Å². The number of hydrogen-bond donors (Lipinski definition) is 1. The average Bonchev–Trinajstić information content (AvgIpc) is 3.24. The first-order valence-corrected chi connectivity index (χ1v) is 21.9. The lowest BCUT2D eigenvalue weighted by Crippen LogP contribution is -2.14. The van der Waals surface area contributed by atoms with Crippen LogP contribution in [0.3, 0.4) is 0 Å². The maximum absolute atomic E-state index is 3.89. The Balaban J connectivity index is -0.000000134. The van der Waals surface area contributed by atoms with Gasteiger partial charge in [-0.3, -0.25) is 0 Å². The van der Waals surface area contributed by atoms with Crippen molar-refractivity contribution in [3.8, 4) is 11.1 Å². The Morgan fingerprint density at radius 1 is 0.589 bits per heavy atom. The molecule has 0 heterocycles. The van der Waals surface area contributed by atoms with Gasteiger partial charge in [-0.1, -0.05) is 223 Å². The van der Waals surface area contributed by atoms with Gasteiger partial charge in [0.2, 0.25) is 0 Å². The molecule has 4 rings (SSSR count). The molecule has 1 heteroatoms. The van der Waals surface area contributed by atoms with Crippen LogP contribution in [0.2, 0.25) is 0 Å². The van der Waals surface area contributed by atoms with E-state index >= 15 is 0 Å². The molecular weight excluding hydrogens is 675 g/mol. The van der Waals surface area contributed by atoms with E-state index in [1.807, 2.05) is 73.6 Å². The van der Waals surface area contributed by atoms with Gasteiger partial charge in [-0.05, 0) is 114 Å². The number of aryl methyl sites for hydroxylation is 2. The summed E-state index contributed by atoms with van der Waals surface area (Å²) < 4.78 is 0. The standard InChI is InChI=1S/C14H14.C10H12.C8H12.C6H15N.C6H12.C3H8.3C2H6.C2H4/c1-2-12-8-10-14(11-9-12)13-6-4-3-5-7-13;1-8(2)10-7-5-4-6-9(10)3;1-7-5-3-4-6-8(7)2;1-3-5-7-6-4-2;1-5(2)6(3)4;1-3-2;4*1-2/h3-11H,2H2,1H3;4-7H,1H2,2-3H3;5-6H,3-4H2,1-2H3;7H,3-6H2,1-2H3;6H,1H2,2-4H3;3H2,1-2H3;3*1-2H3;1-2H2. The van der Waals surface area contributed by atoms with Crippen molar-refractivity contribution in [2.24, 2.45) is 5.92 Å². The molecule has 0 unspecified atom stereocenters. The van der Waals surface area contributed by atoms with E-state index in [-0.39, 0.29) is 0 Å². The van der Waals surface area contributed by atoms with E-state index in [9.17, 15) is 0 Å². The normalized spacial score (nSPS) is 9.91. The number of allylic oxidation sites excluding steroid dienone is 6. The molecule has 56 heavy (non-hydrogen) atoms. The maximum Gasteiger partial charge on any atom is -0.00516 e. The zero-order valence-corrected chi connectivity index (χ0v) is 40.7. The van der Waals surface area contributed by atoms with Crippen LogP contribution in [0.5, 0.6) is 0 Å². The van der Waals surface area contributed by atoms with Gasteiger partial charge >= 0.3 is 0 Å². The van der Waals surface area contributed by atoms with E-state index < -0.39 is 0 Å². The number of hydrogen-bond acceptors (Lipinski definition) is 1. The fourth-order valence-electron chi connectivity index (χ4n) is 4.02. The summed E-state index contributed by atoms with van der Waals surface area (Å²) in [7, 11) is 0. The van der Waals surface area contributed by atoms with Crippen LogP contribution >= 0.6 is 0 Å². The van der Waals surface area contributed by atoms with E-state index in [1.165, 1.54) is 89.7 Å². The third kappa shape index (κ3) is 41.5. The highest BCUT2D eigenvalue weighted by molar-refractivity contribution is 5.64. The summed E-state index contributed by atoms with van der Waals surface area (Å²) in [6.07, 6.45) is 11.9. The quantitative estimate of drug-likeness (QED) is 0.178. The first-order chi connectivity index (χ1) is 26.9. The first kappa shape index (κ1) is 64.2. The van der Waals surface area contributed by atoms with E-state index in [0.29, 0.717) is 5.92 Å². The Bertz CT molecular complexity index is 1270. The molecule has 0 saturated carbocycles. The molecule has 0 amide bonds. The van der Waals surface area contributed by atoms with Crippen LogP contribution in [-0.4, -0.2) is 13.1 Å². The lowest BCUT2D eigenvalue weighted by molar-refractivity contribution is 0.662. The van der Waals surface area contributed by atoms with Crippen LogP contribution in [0.15, 0.2) is 134 Å². The molecule has 0 bridgehead atoms. The third-order valence-electron chi connectivity index (χ3n) is 7.60. The van der Waals surface area contributed by atoms with Gasteiger partial charge in [-0.25, -0.2) is 0 Å². The van der Waals surface area contributed by atoms with Crippen molar-refractivity contribution in [2.45, 2.75) is 163 Å². The summed E-state index contributed by atoms with van der Waals surface area (Å²) >= 11 is 0. The highest BCUT2D eigenvalue weighted by atomic mass is 14.8. The fraction of sp³-hybridized carbons (Fsp3) is 0.491. The Morgan fingerprint density at radius 2 is 0.946 bits per heavy atom. The number of benzene rings is 3. The molecule has 1 aliphatic carbocycles. The third-order valence-corrected chi connectivity index (χ3v) is 7.60. The van der Waals surface area contributed by atoms with Crippen LogP contribution in [0.25, 0.3) is 16.7 Å². The smallest absolute Gasteiger partial charge is 0.00516 e. The molecule has 0 aliphatic heterocycles. The molecule has 0 radical (unpaired) electrons. The van der Waals surface area contributed by atoms with Crippen LogP contribution in [0.4, 0.5) is 0 Å². The van der Waals surface area contributed by atoms with Crippen LogP contribution in [0, 0.1) is 12.8 Å². The largest absolute Gasteiger partial charge is 0.317 e. The molecule has 3 aromatic carbocycles. The summed E-state index contributed by atoms with van der Waals surface area (Å²) in [6.45, 7) is 53.6. The predicted molar refractivity (Wildman–Crippen MR) is 268 cm³/mol. The molecule has 0 aromatic heterocycles. The molecule has 0 atom stereocenters. The fourth-order valence-corrected chi connectivity index (χ4v) is 4.02. The Labute approximate surface area is 353 Å². The zero-order chi connectivity index (χ0) is 44.7. The van der Waals surface area contributed by atoms with Crippen LogP contribution in [-0.2, 0) is 6.42 Å². The van der Waals surface area contributed by atoms with Gasteiger partial charge in [0.1, 0.15) is 0 Å². The molecule has 0 saturated heterocycles. The molecule has 1 aliphatic rings. The monoisotopic (exact) mass is 770 g/mol. The van der Waals surface area contributed by atoms with Crippen molar-refractivity contribution in [3.63, 3.8) is 0 Å². The second-order valence-electron chi connectivity index (χ2n) is 12.8. The minimum absolute atomic E-state index is 0.657. The minimum atomic E-state index is 0.657. The second-order valence-corrected chi connectivity index (χ2v) is 12.8. The topological polar surface area (TPSA) is 12.0 Å². The molecular formula is C55H95N. The summed E-state index contributed by atoms with van der Waals surface area (Å²) in [5.41, 5.74) is 11.8. The van der Waals surface area contributed by atoms with Gasteiger partial charge in [0.05, 0.1) is 0 Å². The van der Waals surface area contributed by atoms with Gasteiger partial charge in [0, 0.05) is 0 Å². The zero-order valence-electron chi connectivity index (χ0n) is 40.7. The molecule has 3 aromatic rings. The van der Waals surface area contributed by atoms with Crippen molar-refractivity contribution in [1.29, 1.82) is 0 Å². The van der Waals surface area contributed by atoms with E-state index in [1.54, 1.807) is 0 Å². The first-order valence-electron chi connectivity index (χ1n) is 21.9. The van der Waals surface area contributed by atoms with E-state index in [0.717, 1.165) is 12.0 Å². The highest BCUT2D eigenvalue weighted by Crippen LogP contribution is 2.19. The van der Waals surface area contributed by atoms with Crippen LogP contribution < -0.4 is 5.32 Å². The lowest BCUT2D eigenvalue weighted by atomic mass is 10.0. The summed E-state index contributed by atoms with van der Waals surface area (Å²) in [6, 6.07) is 27.5. The predicted octanol–water partition coefficient (Wildman–Crippen LogP) is 18.5. The molecule has 1 N–H and O–H groups in total. The van der Waals surface area contributed by atoms with Gasteiger partial charge < -0.3 is 5.32 Å². The number of nitrogens with one attached hydrogen (secondary N) is 1. The van der Waals surface area contributed by atoms with Gasteiger partial charge in [-0.15, -0.1) is 13.2 Å². The van der Waals surface area contributed by atoms with Crippen molar-refractivity contribution in [1.82, 2.24) is 5.32 Å². The number of rotatable bonds is 8. The highest BCUT2D eigenvalue weighted by Gasteiger charge is 1.97. The molecule has 320 valence electrons. The minimum Gasteiger partial charge on any atom is -0.317 e. The van der Waals surface area contributed by atoms with Gasteiger partial charge in [0.15, 0.2) is 0 Å².